The van der Waals surface area contributed by atoms with Gasteiger partial charge in [-0.25, -0.2) is 4.98 Å². The van der Waals surface area contributed by atoms with E-state index in [2.05, 4.69) is 26.2 Å². The molecule has 3 N–H and O–H groups in total. The molecule has 76 valence electrons. The monoisotopic (exact) mass is 260 g/mol. The molecule has 0 aliphatic heterocycles. The van der Waals surface area contributed by atoms with Gasteiger partial charge in [0, 0.05) is 6.54 Å². The van der Waals surface area contributed by atoms with Crippen molar-refractivity contribution in [1.29, 1.82) is 0 Å². The van der Waals surface area contributed by atoms with E-state index >= 15 is 0 Å². The van der Waals surface area contributed by atoms with Gasteiger partial charge in [0.2, 0.25) is 0 Å². The fraction of sp³-hybridized carbons (Fsp3) is 0.286. The van der Waals surface area contributed by atoms with Crippen LogP contribution in [0.25, 0.3) is 0 Å². The summed E-state index contributed by atoms with van der Waals surface area (Å²) in [7, 11) is 0. The molecule has 14 heavy (non-hydrogen) atoms. The van der Waals surface area contributed by atoms with E-state index in [1.165, 1.54) is 6.20 Å². The standard InChI is InChI=1S/C7H9BrN4O2/c1-2-10-6-4(12(13)14)3-11-7(8)5(6)9/h3H,2,9H2,1H3,(H,10,11). The first-order chi connectivity index (χ1) is 6.57. The molecule has 1 heterocycles. The predicted octanol–water partition coefficient (Wildman–Crippen LogP) is 1.77. The lowest BCUT2D eigenvalue weighted by Gasteiger charge is -2.07. The van der Waals surface area contributed by atoms with E-state index < -0.39 is 4.92 Å². The number of nitrogens with one attached hydrogen (secondary N) is 1. The summed E-state index contributed by atoms with van der Waals surface area (Å²) in [4.78, 5) is 13.8. The Hall–Kier alpha value is -1.37. The lowest BCUT2D eigenvalue weighted by atomic mass is 10.3. The van der Waals surface area contributed by atoms with Crippen molar-refractivity contribution >= 4 is 33.0 Å². The number of nitrogens with zero attached hydrogens (tertiary/aromatic N) is 2. The maximum atomic E-state index is 10.6. The summed E-state index contributed by atoms with van der Waals surface area (Å²) in [5.74, 6) is 0. The second kappa shape index (κ2) is 4.23. The minimum absolute atomic E-state index is 0.118. The molecule has 0 fully saturated rings. The van der Waals surface area contributed by atoms with Crippen molar-refractivity contribution in [2.45, 2.75) is 6.92 Å². The largest absolute Gasteiger partial charge is 0.395 e. The van der Waals surface area contributed by atoms with Crippen LogP contribution in [-0.2, 0) is 0 Å². The van der Waals surface area contributed by atoms with Crippen LogP contribution in [0.15, 0.2) is 10.8 Å². The van der Waals surface area contributed by atoms with Gasteiger partial charge in [0.25, 0.3) is 0 Å². The van der Waals surface area contributed by atoms with Gasteiger partial charge in [-0.2, -0.15) is 0 Å². The molecule has 0 aromatic carbocycles. The third kappa shape index (κ3) is 1.92. The van der Waals surface area contributed by atoms with Gasteiger partial charge in [-0.15, -0.1) is 0 Å². The number of hydrogen-bond acceptors (Lipinski definition) is 5. The summed E-state index contributed by atoms with van der Waals surface area (Å²) in [5, 5.41) is 13.4. The molecule has 0 saturated carbocycles. The minimum Gasteiger partial charge on any atom is -0.395 e. The number of anilines is 2. The SMILES string of the molecule is CCNc1c([N+](=O)[O-])cnc(Br)c1N. The molecule has 0 amide bonds. The molecule has 0 radical (unpaired) electrons. The number of aromatic nitrogens is 1. The summed E-state index contributed by atoms with van der Waals surface area (Å²) in [6.45, 7) is 2.39. The van der Waals surface area contributed by atoms with E-state index in [4.69, 9.17) is 5.73 Å². The van der Waals surface area contributed by atoms with Gasteiger partial charge in [-0.1, -0.05) is 0 Å². The van der Waals surface area contributed by atoms with E-state index in [1.807, 2.05) is 6.92 Å². The molecular weight excluding hydrogens is 252 g/mol. The van der Waals surface area contributed by atoms with Crippen LogP contribution < -0.4 is 11.1 Å². The van der Waals surface area contributed by atoms with Gasteiger partial charge >= 0.3 is 5.69 Å². The van der Waals surface area contributed by atoms with Gasteiger partial charge in [-0.3, -0.25) is 10.1 Å². The smallest absolute Gasteiger partial charge is 0.312 e. The predicted molar refractivity (Wildman–Crippen MR) is 57.2 cm³/mol. The number of rotatable bonds is 3. The Bertz CT molecular complexity index is 369. The summed E-state index contributed by atoms with van der Waals surface area (Å²) in [6, 6.07) is 0. The Balaban J connectivity index is 3.29. The third-order valence-electron chi connectivity index (χ3n) is 1.60. The number of nitrogens with two attached hydrogens (primary N) is 1. The van der Waals surface area contributed by atoms with Crippen molar-refractivity contribution in [2.24, 2.45) is 0 Å². The highest BCUT2D eigenvalue weighted by Crippen LogP contribution is 2.33. The molecular formula is C7H9BrN4O2. The van der Waals surface area contributed by atoms with Crippen molar-refractivity contribution in [1.82, 2.24) is 4.98 Å². The van der Waals surface area contributed by atoms with Crippen LogP contribution >= 0.6 is 15.9 Å². The van der Waals surface area contributed by atoms with Crippen LogP contribution in [0.1, 0.15) is 6.92 Å². The first-order valence-corrected chi connectivity index (χ1v) is 4.69. The minimum atomic E-state index is -0.520. The highest BCUT2D eigenvalue weighted by Gasteiger charge is 2.18. The van der Waals surface area contributed by atoms with Crippen LogP contribution in [-0.4, -0.2) is 16.5 Å². The Morgan fingerprint density at radius 2 is 2.43 bits per heavy atom. The molecule has 6 nitrogen and oxygen atoms in total. The number of nitro groups is 1. The summed E-state index contributed by atoms with van der Waals surface area (Å²) in [6.07, 6.45) is 1.17. The molecule has 0 aliphatic rings. The number of nitrogen functional groups attached to an aromatic ring is 1. The van der Waals surface area contributed by atoms with E-state index in [0.717, 1.165) is 0 Å². The highest BCUT2D eigenvalue weighted by atomic mass is 79.9. The fourth-order valence-corrected chi connectivity index (χ4v) is 1.29. The Labute approximate surface area is 88.8 Å². The first-order valence-electron chi connectivity index (χ1n) is 3.90. The normalized spacial score (nSPS) is 9.86. The first kappa shape index (κ1) is 10.7. The molecule has 0 aliphatic carbocycles. The van der Waals surface area contributed by atoms with E-state index in [9.17, 15) is 10.1 Å². The third-order valence-corrected chi connectivity index (χ3v) is 2.23. The van der Waals surface area contributed by atoms with Crippen molar-refractivity contribution < 1.29 is 4.92 Å². The van der Waals surface area contributed by atoms with E-state index in [1.54, 1.807) is 0 Å². The van der Waals surface area contributed by atoms with Crippen LogP contribution in [0.3, 0.4) is 0 Å². The molecule has 0 bridgehead atoms. The van der Waals surface area contributed by atoms with Crippen LogP contribution in [0, 0.1) is 10.1 Å². The Kier molecular flexibility index (Phi) is 3.23. The fourth-order valence-electron chi connectivity index (χ4n) is 0.994. The topological polar surface area (TPSA) is 94.1 Å². The number of pyridine rings is 1. The number of hydrogen-bond donors (Lipinski definition) is 2. The zero-order valence-electron chi connectivity index (χ0n) is 7.45. The quantitative estimate of drug-likeness (QED) is 0.491. The zero-order valence-corrected chi connectivity index (χ0v) is 9.04. The molecule has 7 heteroatoms. The lowest BCUT2D eigenvalue weighted by Crippen LogP contribution is -2.06. The lowest BCUT2D eigenvalue weighted by molar-refractivity contribution is -0.384. The van der Waals surface area contributed by atoms with Crippen molar-refractivity contribution in [3.8, 4) is 0 Å². The summed E-state index contributed by atoms with van der Waals surface area (Å²) in [5.41, 5.74) is 6.07. The van der Waals surface area contributed by atoms with Crippen LogP contribution in [0.5, 0.6) is 0 Å². The van der Waals surface area contributed by atoms with Crippen molar-refractivity contribution in [2.75, 3.05) is 17.6 Å². The molecule has 0 atom stereocenters. The molecule has 0 saturated heterocycles. The second-order valence-corrected chi connectivity index (χ2v) is 3.26. The Morgan fingerprint density at radius 1 is 1.79 bits per heavy atom. The Morgan fingerprint density at radius 3 is 2.93 bits per heavy atom. The second-order valence-electron chi connectivity index (χ2n) is 2.51. The maximum Gasteiger partial charge on any atom is 0.312 e. The number of halogens is 1. The van der Waals surface area contributed by atoms with Gasteiger partial charge in [0.15, 0.2) is 0 Å². The average Bonchev–Trinajstić information content (AvgIpc) is 2.13. The summed E-state index contributed by atoms with van der Waals surface area (Å²) < 4.78 is 0.402. The molecule has 1 aromatic heterocycles. The maximum absolute atomic E-state index is 10.6. The van der Waals surface area contributed by atoms with Gasteiger partial charge in [0.05, 0.1) is 10.6 Å². The van der Waals surface area contributed by atoms with E-state index in [0.29, 0.717) is 16.8 Å². The highest BCUT2D eigenvalue weighted by molar-refractivity contribution is 9.10. The van der Waals surface area contributed by atoms with Crippen molar-refractivity contribution in [3.63, 3.8) is 0 Å². The van der Waals surface area contributed by atoms with Crippen LogP contribution in [0.2, 0.25) is 0 Å². The van der Waals surface area contributed by atoms with Gasteiger partial charge in [0.1, 0.15) is 16.5 Å². The van der Waals surface area contributed by atoms with Gasteiger partial charge < -0.3 is 11.1 Å². The van der Waals surface area contributed by atoms with Crippen molar-refractivity contribution in [3.05, 3.63) is 20.9 Å². The summed E-state index contributed by atoms with van der Waals surface area (Å²) >= 11 is 3.10. The van der Waals surface area contributed by atoms with Gasteiger partial charge in [-0.05, 0) is 22.9 Å². The van der Waals surface area contributed by atoms with Crippen LogP contribution in [0.4, 0.5) is 17.1 Å². The van der Waals surface area contributed by atoms with E-state index in [-0.39, 0.29) is 11.4 Å². The molecule has 1 aromatic rings. The molecule has 1 rings (SSSR count). The molecule has 0 unspecified atom stereocenters. The average molecular weight is 261 g/mol. The zero-order chi connectivity index (χ0) is 10.7. The molecule has 0 spiro atoms.